The SMILES string of the molecule is CC1(C)N=C(c2ccccn2)c2cc(C(N)=O)ccc2O1. The van der Waals surface area contributed by atoms with Crippen LogP contribution in [0.4, 0.5) is 0 Å². The van der Waals surface area contributed by atoms with Gasteiger partial charge in [0, 0.05) is 17.3 Å². The van der Waals surface area contributed by atoms with Crippen LogP contribution in [0.1, 0.15) is 35.5 Å². The number of carbonyl (C=O) groups is 1. The minimum Gasteiger partial charge on any atom is -0.466 e. The molecular formula is C16H15N3O2. The zero-order chi connectivity index (χ0) is 15.0. The molecule has 2 heterocycles. The average molecular weight is 281 g/mol. The normalized spacial score (nSPS) is 15.6. The van der Waals surface area contributed by atoms with Crippen LogP contribution >= 0.6 is 0 Å². The molecule has 0 fully saturated rings. The van der Waals surface area contributed by atoms with Gasteiger partial charge >= 0.3 is 0 Å². The summed E-state index contributed by atoms with van der Waals surface area (Å²) in [6.45, 7) is 3.75. The van der Waals surface area contributed by atoms with Gasteiger partial charge in [0.25, 0.3) is 0 Å². The molecule has 2 N–H and O–H groups in total. The smallest absolute Gasteiger partial charge is 0.248 e. The first kappa shape index (κ1) is 13.3. The molecule has 2 aromatic rings. The lowest BCUT2D eigenvalue weighted by Gasteiger charge is -2.30. The van der Waals surface area contributed by atoms with Crippen LogP contribution in [0.15, 0.2) is 47.6 Å². The number of nitrogens with zero attached hydrogens (tertiary/aromatic N) is 2. The average Bonchev–Trinajstić information content (AvgIpc) is 2.46. The standard InChI is InChI=1S/C16H15N3O2/c1-16(2)19-14(12-5-3-4-8-18-12)11-9-10(15(17)20)6-7-13(11)21-16/h3-9H,1-2H3,(H2,17,20). The number of rotatable bonds is 2. The van der Waals surface area contributed by atoms with E-state index in [2.05, 4.69) is 9.98 Å². The van der Waals surface area contributed by atoms with E-state index in [-0.39, 0.29) is 0 Å². The quantitative estimate of drug-likeness (QED) is 0.916. The summed E-state index contributed by atoms with van der Waals surface area (Å²) < 4.78 is 5.84. The largest absolute Gasteiger partial charge is 0.466 e. The van der Waals surface area contributed by atoms with Gasteiger partial charge in [-0.1, -0.05) is 6.07 Å². The second-order valence-corrected chi connectivity index (χ2v) is 5.30. The Kier molecular flexibility index (Phi) is 2.97. The first-order valence-corrected chi connectivity index (χ1v) is 6.61. The highest BCUT2D eigenvalue weighted by Crippen LogP contribution is 2.32. The van der Waals surface area contributed by atoms with Crippen molar-refractivity contribution >= 4 is 11.6 Å². The van der Waals surface area contributed by atoms with Crippen molar-refractivity contribution in [3.63, 3.8) is 0 Å². The van der Waals surface area contributed by atoms with Gasteiger partial charge in [-0.2, -0.15) is 0 Å². The van der Waals surface area contributed by atoms with E-state index in [9.17, 15) is 4.79 Å². The van der Waals surface area contributed by atoms with Gasteiger partial charge in [-0.15, -0.1) is 0 Å². The molecule has 0 aliphatic carbocycles. The lowest BCUT2D eigenvalue weighted by atomic mass is 10.00. The fraction of sp³-hybridized carbons (Fsp3) is 0.188. The van der Waals surface area contributed by atoms with Crippen LogP contribution in [-0.4, -0.2) is 22.3 Å². The second-order valence-electron chi connectivity index (χ2n) is 5.30. The van der Waals surface area contributed by atoms with E-state index >= 15 is 0 Å². The van der Waals surface area contributed by atoms with Gasteiger partial charge in [0.15, 0.2) is 5.72 Å². The fourth-order valence-corrected chi connectivity index (χ4v) is 2.28. The number of nitrogens with two attached hydrogens (primary N) is 1. The number of ether oxygens (including phenoxy) is 1. The molecule has 5 heteroatoms. The van der Waals surface area contributed by atoms with Crippen LogP contribution in [0.2, 0.25) is 0 Å². The summed E-state index contributed by atoms with van der Waals surface area (Å²) in [6.07, 6.45) is 1.71. The lowest BCUT2D eigenvalue weighted by Crippen LogP contribution is -2.33. The molecule has 3 rings (SSSR count). The van der Waals surface area contributed by atoms with Gasteiger partial charge in [0.05, 0.1) is 11.4 Å². The van der Waals surface area contributed by atoms with E-state index in [1.165, 1.54) is 0 Å². The number of benzene rings is 1. The van der Waals surface area contributed by atoms with Crippen molar-refractivity contribution in [1.29, 1.82) is 0 Å². The molecule has 0 unspecified atom stereocenters. The van der Waals surface area contributed by atoms with E-state index in [0.717, 1.165) is 11.3 Å². The van der Waals surface area contributed by atoms with Crippen molar-refractivity contribution in [3.05, 3.63) is 59.4 Å². The molecule has 1 aromatic heterocycles. The van der Waals surface area contributed by atoms with Gasteiger partial charge in [-0.25, -0.2) is 4.99 Å². The lowest BCUT2D eigenvalue weighted by molar-refractivity contribution is 0.1000. The van der Waals surface area contributed by atoms with Gasteiger partial charge in [0.2, 0.25) is 5.91 Å². The molecule has 0 saturated carbocycles. The number of primary amides is 1. The number of pyridine rings is 1. The Morgan fingerprint density at radius 1 is 1.24 bits per heavy atom. The minimum absolute atomic E-state index is 0.417. The fourth-order valence-electron chi connectivity index (χ4n) is 2.28. The molecule has 0 spiro atoms. The van der Waals surface area contributed by atoms with Crippen molar-refractivity contribution in [1.82, 2.24) is 4.98 Å². The highest BCUT2D eigenvalue weighted by molar-refractivity contribution is 6.15. The number of carbonyl (C=O) groups excluding carboxylic acids is 1. The highest BCUT2D eigenvalue weighted by Gasteiger charge is 2.29. The molecule has 0 radical (unpaired) electrons. The summed E-state index contributed by atoms with van der Waals surface area (Å²) in [5.74, 6) is 0.184. The van der Waals surface area contributed by atoms with Gasteiger partial charge in [-0.3, -0.25) is 9.78 Å². The summed E-state index contributed by atoms with van der Waals surface area (Å²) in [6, 6.07) is 10.7. The van der Waals surface area contributed by atoms with Crippen LogP contribution < -0.4 is 10.5 Å². The number of aromatic nitrogens is 1. The summed E-state index contributed by atoms with van der Waals surface area (Å²) in [4.78, 5) is 20.3. The Morgan fingerprint density at radius 2 is 2.05 bits per heavy atom. The van der Waals surface area contributed by atoms with Crippen molar-refractivity contribution in [3.8, 4) is 5.75 Å². The van der Waals surface area contributed by atoms with E-state index in [4.69, 9.17) is 10.5 Å². The predicted molar refractivity (Wildman–Crippen MR) is 79.5 cm³/mol. The zero-order valence-electron chi connectivity index (χ0n) is 11.8. The molecule has 1 aromatic carbocycles. The van der Waals surface area contributed by atoms with Gasteiger partial charge < -0.3 is 10.5 Å². The third-order valence-corrected chi connectivity index (χ3v) is 3.17. The number of aliphatic imine (C=N–C) groups is 1. The van der Waals surface area contributed by atoms with Crippen molar-refractivity contribution in [2.45, 2.75) is 19.6 Å². The predicted octanol–water partition coefficient (Wildman–Crippen LogP) is 2.15. The second kappa shape index (κ2) is 4.70. The number of fused-ring (bicyclic) bond motifs is 1. The number of hydrogen-bond donors (Lipinski definition) is 1. The highest BCUT2D eigenvalue weighted by atomic mass is 16.5. The van der Waals surface area contributed by atoms with Gasteiger partial charge in [-0.05, 0) is 44.2 Å². The molecule has 106 valence electrons. The summed E-state index contributed by atoms with van der Waals surface area (Å²) >= 11 is 0. The van der Waals surface area contributed by atoms with Crippen molar-refractivity contribution < 1.29 is 9.53 Å². The topological polar surface area (TPSA) is 77.6 Å². The van der Waals surface area contributed by atoms with Crippen LogP contribution in [0.5, 0.6) is 5.75 Å². The monoisotopic (exact) mass is 281 g/mol. The maximum Gasteiger partial charge on any atom is 0.248 e. The number of amides is 1. The Labute approximate surface area is 122 Å². The minimum atomic E-state index is -0.686. The Bertz CT molecular complexity index is 736. The Hall–Kier alpha value is -2.69. The molecule has 1 aliphatic rings. The first-order chi connectivity index (χ1) is 9.96. The van der Waals surface area contributed by atoms with E-state index in [1.54, 1.807) is 24.4 Å². The van der Waals surface area contributed by atoms with Crippen molar-refractivity contribution in [2.75, 3.05) is 0 Å². The maximum atomic E-state index is 11.4. The Balaban J connectivity index is 2.21. The zero-order valence-corrected chi connectivity index (χ0v) is 11.8. The molecule has 21 heavy (non-hydrogen) atoms. The molecule has 0 atom stereocenters. The molecule has 0 bridgehead atoms. The summed E-state index contributed by atoms with van der Waals surface area (Å²) in [5.41, 5.74) is 7.24. The van der Waals surface area contributed by atoms with Crippen molar-refractivity contribution in [2.24, 2.45) is 10.7 Å². The molecular weight excluding hydrogens is 266 g/mol. The Morgan fingerprint density at radius 3 is 2.71 bits per heavy atom. The van der Waals surface area contributed by atoms with Crippen LogP contribution in [-0.2, 0) is 0 Å². The van der Waals surface area contributed by atoms with Crippen LogP contribution in [0, 0.1) is 0 Å². The summed E-state index contributed by atoms with van der Waals surface area (Å²) in [5, 5.41) is 0. The van der Waals surface area contributed by atoms with Crippen LogP contribution in [0.25, 0.3) is 0 Å². The number of hydrogen-bond acceptors (Lipinski definition) is 4. The third-order valence-electron chi connectivity index (χ3n) is 3.17. The molecule has 0 saturated heterocycles. The maximum absolute atomic E-state index is 11.4. The van der Waals surface area contributed by atoms with Gasteiger partial charge in [0.1, 0.15) is 5.75 Å². The molecule has 5 nitrogen and oxygen atoms in total. The van der Waals surface area contributed by atoms with Crippen LogP contribution in [0.3, 0.4) is 0 Å². The third kappa shape index (κ3) is 2.50. The van der Waals surface area contributed by atoms with E-state index < -0.39 is 11.6 Å². The van der Waals surface area contributed by atoms with E-state index in [1.807, 2.05) is 32.0 Å². The molecule has 1 amide bonds. The first-order valence-electron chi connectivity index (χ1n) is 6.61. The molecule has 1 aliphatic heterocycles. The summed E-state index contributed by atoms with van der Waals surface area (Å²) in [7, 11) is 0. The van der Waals surface area contributed by atoms with E-state index in [0.29, 0.717) is 17.0 Å².